The summed E-state index contributed by atoms with van der Waals surface area (Å²) >= 11 is 0. The van der Waals surface area contributed by atoms with Crippen LogP contribution in [-0.2, 0) is 4.79 Å². The molecule has 0 atom stereocenters. The molecule has 2 saturated heterocycles. The summed E-state index contributed by atoms with van der Waals surface area (Å²) in [4.78, 5) is 31.3. The van der Waals surface area contributed by atoms with Crippen LogP contribution in [0.3, 0.4) is 0 Å². The monoisotopic (exact) mass is 341 g/mol. The van der Waals surface area contributed by atoms with Gasteiger partial charge in [0.2, 0.25) is 5.91 Å². The second-order valence-corrected chi connectivity index (χ2v) is 7.47. The Labute approximate surface area is 149 Å². The molecular formula is C20H27N3O2. The van der Waals surface area contributed by atoms with E-state index in [1.807, 2.05) is 29.2 Å². The van der Waals surface area contributed by atoms with Crippen LogP contribution in [0.2, 0.25) is 0 Å². The van der Waals surface area contributed by atoms with E-state index in [-0.39, 0.29) is 11.8 Å². The van der Waals surface area contributed by atoms with Gasteiger partial charge in [-0.25, -0.2) is 0 Å². The molecule has 1 saturated carbocycles. The fourth-order valence-corrected chi connectivity index (χ4v) is 4.17. The minimum absolute atomic E-state index is 0.101. The van der Waals surface area contributed by atoms with Gasteiger partial charge in [0.1, 0.15) is 0 Å². The fraction of sp³-hybridized carbons (Fsp3) is 0.600. The van der Waals surface area contributed by atoms with E-state index in [0.717, 1.165) is 57.3 Å². The van der Waals surface area contributed by atoms with Crippen molar-refractivity contribution in [3.63, 3.8) is 0 Å². The van der Waals surface area contributed by atoms with Gasteiger partial charge in [-0.05, 0) is 43.9 Å². The molecule has 3 aliphatic rings. The van der Waals surface area contributed by atoms with Gasteiger partial charge in [0, 0.05) is 56.4 Å². The molecule has 1 aliphatic carbocycles. The van der Waals surface area contributed by atoms with Crippen LogP contribution in [0.5, 0.6) is 0 Å². The van der Waals surface area contributed by atoms with Gasteiger partial charge in [-0.3, -0.25) is 14.5 Å². The first-order valence-electron chi connectivity index (χ1n) is 9.66. The first-order valence-corrected chi connectivity index (χ1v) is 9.66. The van der Waals surface area contributed by atoms with Crippen molar-refractivity contribution in [1.82, 2.24) is 9.80 Å². The van der Waals surface area contributed by atoms with Crippen molar-refractivity contribution in [1.29, 1.82) is 0 Å². The summed E-state index contributed by atoms with van der Waals surface area (Å²) in [6, 6.07) is 8.34. The van der Waals surface area contributed by atoms with Crippen LogP contribution in [-0.4, -0.2) is 60.4 Å². The molecule has 25 heavy (non-hydrogen) atoms. The van der Waals surface area contributed by atoms with Crippen molar-refractivity contribution in [3.8, 4) is 0 Å². The fourth-order valence-electron chi connectivity index (χ4n) is 4.17. The third kappa shape index (κ3) is 3.43. The predicted octanol–water partition coefficient (Wildman–Crippen LogP) is 2.51. The van der Waals surface area contributed by atoms with E-state index < -0.39 is 0 Å². The molecule has 2 amide bonds. The molecule has 4 rings (SSSR count). The van der Waals surface area contributed by atoms with Crippen molar-refractivity contribution in [2.45, 2.75) is 44.6 Å². The summed E-state index contributed by atoms with van der Waals surface area (Å²) in [6.45, 7) is 4.49. The lowest BCUT2D eigenvalue weighted by atomic mass is 9.91. The number of amides is 2. The molecular weight excluding hydrogens is 314 g/mol. The van der Waals surface area contributed by atoms with E-state index >= 15 is 0 Å². The number of rotatable bonds is 3. The first-order chi connectivity index (χ1) is 12.2. The number of carbonyl (C=O) groups is 2. The highest BCUT2D eigenvalue weighted by Gasteiger charge is 2.28. The number of benzene rings is 1. The average molecular weight is 341 g/mol. The van der Waals surface area contributed by atoms with Crippen molar-refractivity contribution in [2.24, 2.45) is 0 Å². The zero-order valence-electron chi connectivity index (χ0n) is 14.8. The lowest BCUT2D eigenvalue weighted by molar-refractivity contribution is -0.117. The van der Waals surface area contributed by atoms with Gasteiger partial charge in [0.05, 0.1) is 0 Å². The zero-order valence-corrected chi connectivity index (χ0v) is 14.8. The number of anilines is 1. The van der Waals surface area contributed by atoms with Crippen molar-refractivity contribution < 1.29 is 9.59 Å². The quantitative estimate of drug-likeness (QED) is 0.848. The van der Waals surface area contributed by atoms with Gasteiger partial charge in [-0.1, -0.05) is 12.5 Å². The van der Waals surface area contributed by atoms with Crippen LogP contribution in [0.1, 0.15) is 48.9 Å². The van der Waals surface area contributed by atoms with Crippen LogP contribution < -0.4 is 4.90 Å². The molecule has 0 N–H and O–H groups in total. The number of carbonyl (C=O) groups excluding carboxylic acids is 2. The third-order valence-electron chi connectivity index (χ3n) is 5.89. The Morgan fingerprint density at radius 2 is 1.84 bits per heavy atom. The Morgan fingerprint density at radius 3 is 2.56 bits per heavy atom. The lowest BCUT2D eigenvalue weighted by Gasteiger charge is -2.36. The Bertz CT molecular complexity index is 656. The van der Waals surface area contributed by atoms with Gasteiger partial charge in [-0.15, -0.1) is 0 Å². The molecule has 1 aromatic carbocycles. The van der Waals surface area contributed by atoms with Crippen LogP contribution >= 0.6 is 0 Å². The normalized spacial score (nSPS) is 22.8. The summed E-state index contributed by atoms with van der Waals surface area (Å²) in [7, 11) is 0. The maximum Gasteiger partial charge on any atom is 0.253 e. The second kappa shape index (κ2) is 7.16. The highest BCUT2D eigenvalue weighted by atomic mass is 16.2. The Hall–Kier alpha value is -1.88. The Morgan fingerprint density at radius 1 is 0.960 bits per heavy atom. The minimum Gasteiger partial charge on any atom is -0.337 e. The van der Waals surface area contributed by atoms with Crippen molar-refractivity contribution >= 4 is 17.5 Å². The Balaban J connectivity index is 1.44. The van der Waals surface area contributed by atoms with Crippen LogP contribution in [0.15, 0.2) is 24.3 Å². The molecule has 5 nitrogen and oxygen atoms in total. The average Bonchev–Trinajstić information content (AvgIpc) is 2.87. The van der Waals surface area contributed by atoms with Gasteiger partial charge in [0.25, 0.3) is 5.91 Å². The molecule has 2 heterocycles. The van der Waals surface area contributed by atoms with Gasteiger partial charge in [0.15, 0.2) is 0 Å². The van der Waals surface area contributed by atoms with E-state index in [1.54, 1.807) is 4.90 Å². The first kappa shape index (κ1) is 16.6. The van der Waals surface area contributed by atoms with Gasteiger partial charge >= 0.3 is 0 Å². The van der Waals surface area contributed by atoms with E-state index in [4.69, 9.17) is 0 Å². The Kier molecular flexibility index (Phi) is 4.75. The topological polar surface area (TPSA) is 43.9 Å². The molecule has 0 bridgehead atoms. The number of hydrogen-bond acceptors (Lipinski definition) is 3. The molecule has 134 valence electrons. The van der Waals surface area contributed by atoms with E-state index in [2.05, 4.69) is 4.90 Å². The van der Waals surface area contributed by atoms with Crippen LogP contribution in [0.4, 0.5) is 5.69 Å². The van der Waals surface area contributed by atoms with E-state index in [0.29, 0.717) is 12.0 Å². The molecule has 1 aromatic rings. The number of hydrogen-bond donors (Lipinski definition) is 0. The third-order valence-corrected chi connectivity index (χ3v) is 5.89. The zero-order chi connectivity index (χ0) is 17.2. The smallest absolute Gasteiger partial charge is 0.253 e. The summed E-state index contributed by atoms with van der Waals surface area (Å²) in [6.07, 6.45) is 6.56. The summed E-state index contributed by atoms with van der Waals surface area (Å²) in [5.41, 5.74) is 1.56. The highest BCUT2D eigenvalue weighted by Crippen LogP contribution is 2.26. The largest absolute Gasteiger partial charge is 0.337 e. The molecule has 2 aliphatic heterocycles. The van der Waals surface area contributed by atoms with Crippen LogP contribution in [0.25, 0.3) is 0 Å². The second-order valence-electron chi connectivity index (χ2n) is 7.47. The standard InChI is InChI=1S/C20H27N3O2/c24-19-9-3-12-23(19)18-8-1-5-16(15-18)20(25)22-11-4-10-21(13-14-22)17-6-2-7-17/h1,5,8,15,17H,2-4,6-7,9-14H2. The maximum absolute atomic E-state index is 13.0. The van der Waals surface area contributed by atoms with Gasteiger partial charge in [-0.2, -0.15) is 0 Å². The number of nitrogens with zero attached hydrogens (tertiary/aromatic N) is 3. The predicted molar refractivity (Wildman–Crippen MR) is 97.8 cm³/mol. The molecule has 0 radical (unpaired) electrons. The SMILES string of the molecule is O=C(c1cccc(N2CCCC2=O)c1)N1CCCN(C2CCC2)CC1. The molecule has 3 fully saturated rings. The van der Waals surface area contributed by atoms with Crippen molar-refractivity contribution in [3.05, 3.63) is 29.8 Å². The summed E-state index contributed by atoms with van der Waals surface area (Å²) < 4.78 is 0. The summed E-state index contributed by atoms with van der Waals surface area (Å²) in [5.74, 6) is 0.263. The van der Waals surface area contributed by atoms with Crippen LogP contribution in [0, 0.1) is 0 Å². The molecule has 5 heteroatoms. The van der Waals surface area contributed by atoms with E-state index in [9.17, 15) is 9.59 Å². The van der Waals surface area contributed by atoms with E-state index in [1.165, 1.54) is 19.3 Å². The van der Waals surface area contributed by atoms with Crippen molar-refractivity contribution in [2.75, 3.05) is 37.6 Å². The maximum atomic E-state index is 13.0. The lowest BCUT2D eigenvalue weighted by Crippen LogP contribution is -2.42. The highest BCUT2D eigenvalue weighted by molar-refractivity contribution is 5.99. The minimum atomic E-state index is 0.101. The molecule has 0 spiro atoms. The van der Waals surface area contributed by atoms with Gasteiger partial charge < -0.3 is 9.80 Å². The summed E-state index contributed by atoms with van der Waals surface area (Å²) in [5, 5.41) is 0. The molecule has 0 aromatic heterocycles. The molecule has 0 unspecified atom stereocenters.